The molecule has 0 unspecified atom stereocenters. The SMILES string of the molecule is CCn1ccc(-c2cc(C(=O)Nc3cc(Cl)ccc3C)c3c(C)noc3n2)n1. The van der Waals surface area contributed by atoms with Crippen molar-refractivity contribution in [2.24, 2.45) is 0 Å². The average molecular weight is 396 g/mol. The van der Waals surface area contributed by atoms with E-state index in [2.05, 4.69) is 20.6 Å². The largest absolute Gasteiger partial charge is 0.335 e. The summed E-state index contributed by atoms with van der Waals surface area (Å²) in [7, 11) is 0. The zero-order chi connectivity index (χ0) is 19.8. The molecule has 0 aliphatic carbocycles. The monoisotopic (exact) mass is 395 g/mol. The van der Waals surface area contributed by atoms with Crippen molar-refractivity contribution in [2.45, 2.75) is 27.3 Å². The summed E-state index contributed by atoms with van der Waals surface area (Å²) in [5, 5.41) is 12.5. The number of aryl methyl sites for hydroxylation is 3. The van der Waals surface area contributed by atoms with Gasteiger partial charge in [0.15, 0.2) is 0 Å². The molecule has 0 fully saturated rings. The van der Waals surface area contributed by atoms with Crippen LogP contribution in [0, 0.1) is 13.8 Å². The fraction of sp³-hybridized carbons (Fsp3) is 0.200. The predicted molar refractivity (Wildman–Crippen MR) is 108 cm³/mol. The Morgan fingerprint density at radius 2 is 2.04 bits per heavy atom. The maximum atomic E-state index is 13.1. The normalized spacial score (nSPS) is 11.1. The van der Waals surface area contributed by atoms with Gasteiger partial charge in [0.1, 0.15) is 5.69 Å². The Labute approximate surface area is 166 Å². The van der Waals surface area contributed by atoms with Crippen molar-refractivity contribution in [3.63, 3.8) is 0 Å². The molecule has 1 amide bonds. The smallest absolute Gasteiger partial charge is 0.259 e. The van der Waals surface area contributed by atoms with Crippen LogP contribution in [-0.4, -0.2) is 25.8 Å². The van der Waals surface area contributed by atoms with Crippen LogP contribution < -0.4 is 5.32 Å². The number of hydrogen-bond acceptors (Lipinski definition) is 5. The van der Waals surface area contributed by atoms with Gasteiger partial charge in [-0.15, -0.1) is 0 Å². The van der Waals surface area contributed by atoms with Gasteiger partial charge in [-0.2, -0.15) is 5.10 Å². The van der Waals surface area contributed by atoms with Crippen LogP contribution in [0.1, 0.15) is 28.5 Å². The number of nitrogens with zero attached hydrogens (tertiary/aromatic N) is 4. The molecule has 0 aliphatic rings. The van der Waals surface area contributed by atoms with E-state index >= 15 is 0 Å². The molecule has 0 saturated carbocycles. The highest BCUT2D eigenvalue weighted by Crippen LogP contribution is 2.28. The summed E-state index contributed by atoms with van der Waals surface area (Å²) < 4.78 is 7.12. The second-order valence-electron chi connectivity index (χ2n) is 6.47. The number of aromatic nitrogens is 4. The van der Waals surface area contributed by atoms with E-state index in [0.717, 1.165) is 12.1 Å². The molecular formula is C20H18ClN5O2. The molecule has 8 heteroatoms. The van der Waals surface area contributed by atoms with Gasteiger partial charge in [-0.1, -0.05) is 22.8 Å². The number of hydrogen-bond donors (Lipinski definition) is 1. The molecular weight excluding hydrogens is 378 g/mol. The van der Waals surface area contributed by atoms with Gasteiger partial charge >= 0.3 is 0 Å². The maximum absolute atomic E-state index is 13.1. The minimum absolute atomic E-state index is 0.291. The number of pyridine rings is 1. The average Bonchev–Trinajstić information content (AvgIpc) is 3.31. The van der Waals surface area contributed by atoms with Gasteiger partial charge in [0.2, 0.25) is 0 Å². The van der Waals surface area contributed by atoms with Gasteiger partial charge in [0.25, 0.3) is 11.6 Å². The van der Waals surface area contributed by atoms with E-state index in [4.69, 9.17) is 16.1 Å². The predicted octanol–water partition coefficient (Wildman–Crippen LogP) is 4.63. The van der Waals surface area contributed by atoms with Crippen molar-refractivity contribution in [2.75, 3.05) is 5.32 Å². The fourth-order valence-corrected chi connectivity index (χ4v) is 3.17. The molecule has 4 rings (SSSR count). The molecule has 28 heavy (non-hydrogen) atoms. The molecule has 142 valence electrons. The topological polar surface area (TPSA) is 85.8 Å². The minimum atomic E-state index is -0.291. The molecule has 3 aromatic heterocycles. The fourth-order valence-electron chi connectivity index (χ4n) is 3.00. The number of fused-ring (bicyclic) bond motifs is 1. The molecule has 3 heterocycles. The van der Waals surface area contributed by atoms with Crippen molar-refractivity contribution >= 4 is 34.3 Å². The third-order valence-corrected chi connectivity index (χ3v) is 4.77. The third-order valence-electron chi connectivity index (χ3n) is 4.54. The molecule has 7 nitrogen and oxygen atoms in total. The highest BCUT2D eigenvalue weighted by atomic mass is 35.5. The molecule has 0 radical (unpaired) electrons. The standard InChI is InChI=1S/C20H18ClN5O2/c1-4-26-8-7-15(24-26)17-10-14(18-12(3)25-28-20(18)23-17)19(27)22-16-9-13(21)6-5-11(16)2/h5-10H,4H2,1-3H3,(H,22,27). The van der Waals surface area contributed by atoms with Crippen LogP contribution in [0.3, 0.4) is 0 Å². The lowest BCUT2D eigenvalue weighted by atomic mass is 10.1. The van der Waals surface area contributed by atoms with Gasteiger partial charge in [-0.25, -0.2) is 4.98 Å². The van der Waals surface area contributed by atoms with Crippen LogP contribution in [-0.2, 0) is 6.54 Å². The van der Waals surface area contributed by atoms with Crippen LogP contribution >= 0.6 is 11.6 Å². The summed E-state index contributed by atoms with van der Waals surface area (Å²) in [5.41, 5.74) is 4.08. The minimum Gasteiger partial charge on any atom is -0.335 e. The molecule has 0 atom stereocenters. The lowest BCUT2D eigenvalue weighted by molar-refractivity contribution is 0.102. The Bertz CT molecular complexity index is 1190. The first kappa shape index (κ1) is 18.2. The summed E-state index contributed by atoms with van der Waals surface area (Å²) in [6, 6.07) is 8.92. The van der Waals surface area contributed by atoms with Gasteiger partial charge < -0.3 is 9.84 Å². The Morgan fingerprint density at radius 1 is 1.21 bits per heavy atom. The number of nitrogens with one attached hydrogen (secondary N) is 1. The first-order valence-electron chi connectivity index (χ1n) is 8.84. The van der Waals surface area contributed by atoms with Crippen molar-refractivity contribution in [1.29, 1.82) is 0 Å². The lowest BCUT2D eigenvalue weighted by Crippen LogP contribution is -2.14. The zero-order valence-corrected chi connectivity index (χ0v) is 16.4. The van der Waals surface area contributed by atoms with Crippen molar-refractivity contribution in [1.82, 2.24) is 19.9 Å². The number of anilines is 1. The van der Waals surface area contributed by atoms with E-state index in [0.29, 0.717) is 44.5 Å². The van der Waals surface area contributed by atoms with Crippen molar-refractivity contribution < 1.29 is 9.32 Å². The summed E-state index contributed by atoms with van der Waals surface area (Å²) in [5.74, 6) is -0.291. The van der Waals surface area contributed by atoms with E-state index in [1.54, 1.807) is 29.8 Å². The number of benzene rings is 1. The summed E-state index contributed by atoms with van der Waals surface area (Å²) in [4.78, 5) is 17.6. The van der Waals surface area contributed by atoms with Crippen molar-refractivity contribution in [3.05, 3.63) is 58.4 Å². The summed E-state index contributed by atoms with van der Waals surface area (Å²) >= 11 is 6.07. The first-order valence-corrected chi connectivity index (χ1v) is 9.22. The number of carbonyl (C=O) groups excluding carboxylic acids is 1. The van der Waals surface area contributed by atoms with Crippen LogP contribution in [0.4, 0.5) is 5.69 Å². The zero-order valence-electron chi connectivity index (χ0n) is 15.7. The highest BCUT2D eigenvalue weighted by Gasteiger charge is 2.20. The molecule has 0 saturated heterocycles. The van der Waals surface area contributed by atoms with E-state index in [-0.39, 0.29) is 5.91 Å². The Kier molecular flexibility index (Phi) is 4.60. The number of halogens is 1. The van der Waals surface area contributed by atoms with Gasteiger partial charge in [0, 0.05) is 23.5 Å². The lowest BCUT2D eigenvalue weighted by Gasteiger charge is -2.10. The first-order chi connectivity index (χ1) is 13.5. The van der Waals surface area contributed by atoms with E-state index in [1.807, 2.05) is 32.2 Å². The quantitative estimate of drug-likeness (QED) is 0.544. The molecule has 1 aromatic carbocycles. The second-order valence-corrected chi connectivity index (χ2v) is 6.91. The third kappa shape index (κ3) is 3.25. The molecule has 4 aromatic rings. The molecule has 0 aliphatic heterocycles. The van der Waals surface area contributed by atoms with E-state index < -0.39 is 0 Å². The molecule has 1 N–H and O–H groups in total. The number of carbonyl (C=O) groups is 1. The van der Waals surface area contributed by atoms with Crippen LogP contribution in [0.15, 0.2) is 41.1 Å². The molecule has 0 spiro atoms. The Balaban J connectivity index is 1.81. The van der Waals surface area contributed by atoms with Gasteiger partial charge in [0.05, 0.1) is 22.3 Å². The molecule has 0 bridgehead atoms. The van der Waals surface area contributed by atoms with E-state index in [1.165, 1.54) is 0 Å². The van der Waals surface area contributed by atoms with Crippen LogP contribution in [0.2, 0.25) is 5.02 Å². The highest BCUT2D eigenvalue weighted by molar-refractivity contribution is 6.31. The summed E-state index contributed by atoms with van der Waals surface area (Å²) in [6.45, 7) is 6.42. The van der Waals surface area contributed by atoms with Crippen molar-refractivity contribution in [3.8, 4) is 11.4 Å². The van der Waals surface area contributed by atoms with Gasteiger partial charge in [-0.3, -0.25) is 9.48 Å². The maximum Gasteiger partial charge on any atom is 0.259 e. The number of rotatable bonds is 4. The number of amides is 1. The second kappa shape index (κ2) is 7.09. The van der Waals surface area contributed by atoms with Crippen LogP contribution in [0.25, 0.3) is 22.5 Å². The van der Waals surface area contributed by atoms with Crippen LogP contribution in [0.5, 0.6) is 0 Å². The Morgan fingerprint density at radius 3 is 2.79 bits per heavy atom. The van der Waals surface area contributed by atoms with Gasteiger partial charge in [-0.05, 0) is 50.6 Å². The summed E-state index contributed by atoms with van der Waals surface area (Å²) in [6.07, 6.45) is 1.86. The van der Waals surface area contributed by atoms with E-state index in [9.17, 15) is 4.79 Å². The Hall–Kier alpha value is -3.19.